The van der Waals surface area contributed by atoms with Crippen LogP contribution in [0.2, 0.25) is 5.02 Å². The first-order valence-electron chi connectivity index (χ1n) is 5.27. The number of nitrogens with one attached hydrogen (secondary N) is 1. The molecule has 0 aliphatic rings. The molecule has 0 radical (unpaired) electrons. The van der Waals surface area contributed by atoms with Gasteiger partial charge in [0.2, 0.25) is 5.88 Å². The van der Waals surface area contributed by atoms with Crippen molar-refractivity contribution in [2.24, 2.45) is 0 Å². The van der Waals surface area contributed by atoms with Crippen LogP contribution in [0, 0.1) is 0 Å². The quantitative estimate of drug-likeness (QED) is 0.858. The molecular weight excluding hydrogens is 250 g/mol. The Morgan fingerprint density at radius 2 is 2.18 bits per heavy atom. The van der Waals surface area contributed by atoms with E-state index in [4.69, 9.17) is 16.3 Å². The molecular formula is C11H15ClF2N2O. The van der Waals surface area contributed by atoms with Crippen LogP contribution >= 0.6 is 11.6 Å². The second kappa shape index (κ2) is 6.71. The standard InChI is InChI=1S/C11H15ClF2N2O/c1-7(2)15-4-8-3-9(12)11(16-5-8)17-6-10(13)14/h3,5,7,10,15H,4,6H2,1-2H3. The number of hydrogen-bond donors (Lipinski definition) is 1. The van der Waals surface area contributed by atoms with E-state index in [1.54, 1.807) is 12.3 Å². The van der Waals surface area contributed by atoms with Gasteiger partial charge in [0.15, 0.2) is 6.61 Å². The normalized spacial score (nSPS) is 11.2. The predicted octanol–water partition coefficient (Wildman–Crippen LogP) is 2.88. The van der Waals surface area contributed by atoms with E-state index in [1.807, 2.05) is 13.8 Å². The molecule has 0 aromatic carbocycles. The maximum absolute atomic E-state index is 11.9. The van der Waals surface area contributed by atoms with Crippen molar-refractivity contribution >= 4 is 11.6 Å². The molecule has 1 aromatic heterocycles. The minimum Gasteiger partial charge on any atom is -0.471 e. The summed E-state index contributed by atoms with van der Waals surface area (Å²) in [5, 5.41) is 3.44. The number of halogens is 3. The molecule has 0 atom stereocenters. The monoisotopic (exact) mass is 264 g/mol. The Morgan fingerprint density at radius 1 is 1.47 bits per heavy atom. The second-order valence-electron chi connectivity index (χ2n) is 3.87. The fraction of sp³-hybridized carbons (Fsp3) is 0.545. The number of nitrogens with zero attached hydrogens (tertiary/aromatic N) is 1. The molecule has 1 aromatic rings. The van der Waals surface area contributed by atoms with Gasteiger partial charge in [-0.2, -0.15) is 0 Å². The third-order valence-corrected chi connectivity index (χ3v) is 2.20. The Bertz CT molecular complexity index is 361. The average molecular weight is 265 g/mol. The highest BCUT2D eigenvalue weighted by molar-refractivity contribution is 6.31. The summed E-state index contributed by atoms with van der Waals surface area (Å²) in [6.07, 6.45) is -0.975. The van der Waals surface area contributed by atoms with Gasteiger partial charge in [0.25, 0.3) is 6.43 Å². The third-order valence-electron chi connectivity index (χ3n) is 1.92. The largest absolute Gasteiger partial charge is 0.471 e. The van der Waals surface area contributed by atoms with E-state index in [1.165, 1.54) is 0 Å². The van der Waals surface area contributed by atoms with Gasteiger partial charge in [0.1, 0.15) is 5.02 Å². The van der Waals surface area contributed by atoms with Crippen LogP contribution in [0.5, 0.6) is 5.88 Å². The molecule has 0 amide bonds. The first kappa shape index (κ1) is 14.1. The lowest BCUT2D eigenvalue weighted by Gasteiger charge is -2.10. The molecule has 0 spiro atoms. The van der Waals surface area contributed by atoms with Crippen molar-refractivity contribution in [3.8, 4) is 5.88 Å². The van der Waals surface area contributed by atoms with E-state index in [2.05, 4.69) is 10.3 Å². The molecule has 0 saturated heterocycles. The zero-order valence-corrected chi connectivity index (χ0v) is 10.5. The van der Waals surface area contributed by atoms with Crippen LogP contribution in [0.15, 0.2) is 12.3 Å². The highest BCUT2D eigenvalue weighted by Crippen LogP contribution is 2.22. The summed E-state index contributed by atoms with van der Waals surface area (Å²) in [5.74, 6) is 0.0419. The molecule has 0 unspecified atom stereocenters. The van der Waals surface area contributed by atoms with Crippen LogP contribution in [-0.2, 0) is 6.54 Å². The summed E-state index contributed by atoms with van der Waals surface area (Å²) in [6.45, 7) is 3.97. The Balaban J connectivity index is 2.59. The number of pyridine rings is 1. The SMILES string of the molecule is CC(C)NCc1cnc(OCC(F)F)c(Cl)c1. The Hall–Kier alpha value is -0.940. The predicted molar refractivity (Wildman–Crippen MR) is 62.7 cm³/mol. The highest BCUT2D eigenvalue weighted by atomic mass is 35.5. The molecule has 0 aliphatic heterocycles. The van der Waals surface area contributed by atoms with Crippen molar-refractivity contribution in [2.45, 2.75) is 32.9 Å². The van der Waals surface area contributed by atoms with E-state index in [-0.39, 0.29) is 10.9 Å². The topological polar surface area (TPSA) is 34.2 Å². The van der Waals surface area contributed by atoms with Gasteiger partial charge in [0, 0.05) is 18.8 Å². The molecule has 0 fully saturated rings. The molecule has 17 heavy (non-hydrogen) atoms. The molecule has 1 N–H and O–H groups in total. The van der Waals surface area contributed by atoms with E-state index >= 15 is 0 Å². The van der Waals surface area contributed by atoms with Gasteiger partial charge in [-0.15, -0.1) is 0 Å². The van der Waals surface area contributed by atoms with E-state index < -0.39 is 13.0 Å². The third kappa shape index (κ3) is 5.28. The summed E-state index contributed by atoms with van der Waals surface area (Å²) in [4.78, 5) is 3.90. The smallest absolute Gasteiger partial charge is 0.272 e. The fourth-order valence-electron chi connectivity index (χ4n) is 1.13. The molecule has 6 heteroatoms. The Labute approximate surface area is 104 Å². The number of aromatic nitrogens is 1. The fourth-order valence-corrected chi connectivity index (χ4v) is 1.38. The molecule has 0 bridgehead atoms. The lowest BCUT2D eigenvalue weighted by Crippen LogP contribution is -2.21. The first-order valence-corrected chi connectivity index (χ1v) is 5.65. The van der Waals surface area contributed by atoms with Crippen LogP contribution in [0.4, 0.5) is 8.78 Å². The molecule has 0 saturated carbocycles. The van der Waals surface area contributed by atoms with Crippen LogP contribution in [0.3, 0.4) is 0 Å². The van der Waals surface area contributed by atoms with Crippen molar-refractivity contribution in [3.05, 3.63) is 22.8 Å². The van der Waals surface area contributed by atoms with Gasteiger partial charge in [-0.05, 0) is 11.6 Å². The zero-order chi connectivity index (χ0) is 12.8. The number of alkyl halides is 2. The lowest BCUT2D eigenvalue weighted by molar-refractivity contribution is 0.0796. The van der Waals surface area contributed by atoms with Gasteiger partial charge in [-0.1, -0.05) is 25.4 Å². The van der Waals surface area contributed by atoms with Gasteiger partial charge in [-0.25, -0.2) is 13.8 Å². The maximum atomic E-state index is 11.9. The van der Waals surface area contributed by atoms with Crippen molar-refractivity contribution in [1.82, 2.24) is 10.3 Å². The first-order chi connectivity index (χ1) is 7.99. The van der Waals surface area contributed by atoms with Crippen LogP contribution in [0.25, 0.3) is 0 Å². The summed E-state index contributed by atoms with van der Waals surface area (Å²) < 4.78 is 28.6. The van der Waals surface area contributed by atoms with Crippen molar-refractivity contribution in [1.29, 1.82) is 0 Å². The van der Waals surface area contributed by atoms with E-state index in [0.717, 1.165) is 5.56 Å². The van der Waals surface area contributed by atoms with Gasteiger partial charge < -0.3 is 10.1 Å². The molecule has 0 aliphatic carbocycles. The molecule has 96 valence electrons. The summed E-state index contributed by atoms with van der Waals surface area (Å²) in [5.41, 5.74) is 0.882. The second-order valence-corrected chi connectivity index (χ2v) is 4.28. The average Bonchev–Trinajstić information content (AvgIpc) is 2.24. The zero-order valence-electron chi connectivity index (χ0n) is 9.71. The maximum Gasteiger partial charge on any atom is 0.272 e. The summed E-state index contributed by atoms with van der Waals surface area (Å²) >= 11 is 5.87. The summed E-state index contributed by atoms with van der Waals surface area (Å²) in [7, 11) is 0. The molecule has 1 heterocycles. The van der Waals surface area contributed by atoms with Gasteiger partial charge >= 0.3 is 0 Å². The van der Waals surface area contributed by atoms with Crippen LogP contribution in [-0.4, -0.2) is 24.1 Å². The minimum atomic E-state index is -2.53. The number of ether oxygens (including phenoxy) is 1. The minimum absolute atomic E-state index is 0.0419. The number of rotatable bonds is 6. The Kier molecular flexibility index (Phi) is 5.58. The lowest BCUT2D eigenvalue weighted by atomic mass is 10.2. The van der Waals surface area contributed by atoms with Crippen molar-refractivity contribution in [2.75, 3.05) is 6.61 Å². The highest BCUT2D eigenvalue weighted by Gasteiger charge is 2.09. The molecule has 1 rings (SSSR count). The van der Waals surface area contributed by atoms with E-state index in [9.17, 15) is 8.78 Å². The number of hydrogen-bond acceptors (Lipinski definition) is 3. The van der Waals surface area contributed by atoms with Gasteiger partial charge in [0.05, 0.1) is 0 Å². The van der Waals surface area contributed by atoms with Crippen molar-refractivity contribution in [3.63, 3.8) is 0 Å². The Morgan fingerprint density at radius 3 is 2.71 bits per heavy atom. The van der Waals surface area contributed by atoms with Crippen LogP contribution in [0.1, 0.15) is 19.4 Å². The van der Waals surface area contributed by atoms with E-state index in [0.29, 0.717) is 12.6 Å². The van der Waals surface area contributed by atoms with Crippen LogP contribution < -0.4 is 10.1 Å². The van der Waals surface area contributed by atoms with Crippen molar-refractivity contribution < 1.29 is 13.5 Å². The molecule has 3 nitrogen and oxygen atoms in total. The summed E-state index contributed by atoms with van der Waals surface area (Å²) in [6, 6.07) is 2.01. The van der Waals surface area contributed by atoms with Gasteiger partial charge in [-0.3, -0.25) is 0 Å².